The van der Waals surface area contributed by atoms with E-state index in [4.69, 9.17) is 0 Å². The van der Waals surface area contributed by atoms with Crippen LogP contribution in [0.1, 0.15) is 46.5 Å². The number of rotatable bonds is 2. The molecule has 0 N–H and O–H groups in total. The summed E-state index contributed by atoms with van der Waals surface area (Å²) < 4.78 is 36.9. The SMILES string of the molecule is CN(CC(F)(F)F)C1CCC(C(C)(C)C)CC1. The summed E-state index contributed by atoms with van der Waals surface area (Å²) in [5.41, 5.74) is 0.285. The molecule has 1 aliphatic rings. The Hall–Kier alpha value is -0.250. The van der Waals surface area contributed by atoms with Crippen LogP contribution in [0, 0.1) is 11.3 Å². The Balaban J connectivity index is 2.42. The molecule has 0 unspecified atom stereocenters. The van der Waals surface area contributed by atoms with Crippen LogP contribution >= 0.6 is 0 Å². The van der Waals surface area contributed by atoms with Gasteiger partial charge in [0.2, 0.25) is 0 Å². The van der Waals surface area contributed by atoms with E-state index >= 15 is 0 Å². The molecule has 1 nitrogen and oxygen atoms in total. The lowest BCUT2D eigenvalue weighted by molar-refractivity contribution is -0.149. The van der Waals surface area contributed by atoms with E-state index in [9.17, 15) is 13.2 Å². The maximum atomic E-state index is 12.3. The van der Waals surface area contributed by atoms with Crippen molar-refractivity contribution in [2.75, 3.05) is 13.6 Å². The van der Waals surface area contributed by atoms with Crippen LogP contribution in [0.2, 0.25) is 0 Å². The molecule has 0 bridgehead atoms. The van der Waals surface area contributed by atoms with E-state index in [0.717, 1.165) is 25.7 Å². The lowest BCUT2D eigenvalue weighted by atomic mass is 9.71. The molecule has 102 valence electrons. The molecular formula is C13H24F3N. The summed E-state index contributed by atoms with van der Waals surface area (Å²) in [5.74, 6) is 0.651. The molecule has 17 heavy (non-hydrogen) atoms. The lowest BCUT2D eigenvalue weighted by Crippen LogP contribution is -2.42. The first-order valence-corrected chi connectivity index (χ1v) is 6.36. The zero-order chi connectivity index (χ0) is 13.3. The average molecular weight is 251 g/mol. The third kappa shape index (κ3) is 4.86. The minimum Gasteiger partial charge on any atom is -0.295 e. The highest BCUT2D eigenvalue weighted by molar-refractivity contribution is 4.84. The van der Waals surface area contributed by atoms with Crippen LogP contribution in [-0.2, 0) is 0 Å². The van der Waals surface area contributed by atoms with E-state index in [0.29, 0.717) is 5.92 Å². The molecule has 1 rings (SSSR count). The molecule has 0 amide bonds. The Bertz CT molecular complexity index is 234. The van der Waals surface area contributed by atoms with E-state index in [1.54, 1.807) is 7.05 Å². The highest BCUT2D eigenvalue weighted by Gasteiger charge is 2.35. The maximum Gasteiger partial charge on any atom is 0.401 e. The normalized spacial score (nSPS) is 27.5. The minimum atomic E-state index is -4.07. The molecule has 0 spiro atoms. The van der Waals surface area contributed by atoms with Crippen molar-refractivity contribution in [2.45, 2.75) is 58.7 Å². The van der Waals surface area contributed by atoms with Gasteiger partial charge in [-0.05, 0) is 44.1 Å². The second-order valence-corrected chi connectivity index (χ2v) is 6.40. The first kappa shape index (κ1) is 14.8. The van der Waals surface area contributed by atoms with Crippen LogP contribution in [0.25, 0.3) is 0 Å². The highest BCUT2D eigenvalue weighted by atomic mass is 19.4. The largest absolute Gasteiger partial charge is 0.401 e. The summed E-state index contributed by atoms with van der Waals surface area (Å²) in [6.07, 6.45) is -0.175. The van der Waals surface area contributed by atoms with Crippen molar-refractivity contribution in [3.63, 3.8) is 0 Å². The fourth-order valence-electron chi connectivity index (χ4n) is 2.79. The van der Waals surface area contributed by atoms with Gasteiger partial charge in [-0.15, -0.1) is 0 Å². The van der Waals surface area contributed by atoms with Gasteiger partial charge in [0.1, 0.15) is 0 Å². The van der Waals surface area contributed by atoms with E-state index < -0.39 is 12.7 Å². The third-order valence-electron chi connectivity index (χ3n) is 3.97. The van der Waals surface area contributed by atoms with Crippen molar-refractivity contribution >= 4 is 0 Å². The fourth-order valence-corrected chi connectivity index (χ4v) is 2.79. The van der Waals surface area contributed by atoms with Crippen molar-refractivity contribution in [1.29, 1.82) is 0 Å². The summed E-state index contributed by atoms with van der Waals surface area (Å²) in [5, 5.41) is 0. The van der Waals surface area contributed by atoms with Crippen molar-refractivity contribution < 1.29 is 13.2 Å². The molecule has 0 aliphatic heterocycles. The number of hydrogen-bond donors (Lipinski definition) is 0. The lowest BCUT2D eigenvalue weighted by Gasteiger charge is -2.40. The van der Waals surface area contributed by atoms with E-state index in [1.165, 1.54) is 4.90 Å². The monoisotopic (exact) mass is 251 g/mol. The predicted octanol–water partition coefficient (Wildman–Crippen LogP) is 4.09. The molecule has 0 aromatic heterocycles. The molecular weight excluding hydrogens is 227 g/mol. The van der Waals surface area contributed by atoms with Crippen LogP contribution in [0.15, 0.2) is 0 Å². The van der Waals surface area contributed by atoms with Crippen molar-refractivity contribution in [3.05, 3.63) is 0 Å². The number of halogens is 3. The molecule has 0 heterocycles. The van der Waals surface area contributed by atoms with E-state index in [2.05, 4.69) is 20.8 Å². The van der Waals surface area contributed by atoms with Gasteiger partial charge in [-0.3, -0.25) is 4.90 Å². The highest BCUT2D eigenvalue weighted by Crippen LogP contribution is 2.39. The van der Waals surface area contributed by atoms with Gasteiger partial charge in [0.25, 0.3) is 0 Å². The first-order chi connectivity index (χ1) is 7.59. The van der Waals surface area contributed by atoms with Crippen LogP contribution in [0.4, 0.5) is 13.2 Å². The van der Waals surface area contributed by atoms with Crippen molar-refractivity contribution in [1.82, 2.24) is 4.90 Å². The van der Waals surface area contributed by atoms with Gasteiger partial charge in [-0.1, -0.05) is 20.8 Å². The molecule has 1 aliphatic carbocycles. The van der Waals surface area contributed by atoms with Crippen LogP contribution in [0.5, 0.6) is 0 Å². The summed E-state index contributed by atoms with van der Waals surface area (Å²) in [6, 6.07) is 0.107. The van der Waals surface area contributed by atoms with Crippen molar-refractivity contribution in [3.8, 4) is 0 Å². The number of alkyl halides is 3. The molecule has 1 fully saturated rings. The van der Waals surface area contributed by atoms with Gasteiger partial charge in [-0.25, -0.2) is 0 Å². The number of nitrogens with zero attached hydrogens (tertiary/aromatic N) is 1. The van der Waals surface area contributed by atoms with Crippen LogP contribution < -0.4 is 0 Å². The van der Waals surface area contributed by atoms with Gasteiger partial charge in [-0.2, -0.15) is 13.2 Å². The molecule has 0 atom stereocenters. The van der Waals surface area contributed by atoms with E-state index in [1.807, 2.05) is 0 Å². The second-order valence-electron chi connectivity index (χ2n) is 6.40. The van der Waals surface area contributed by atoms with Crippen LogP contribution in [-0.4, -0.2) is 30.7 Å². The van der Waals surface area contributed by atoms with Gasteiger partial charge in [0.15, 0.2) is 0 Å². The Morgan fingerprint density at radius 3 is 1.82 bits per heavy atom. The number of hydrogen-bond acceptors (Lipinski definition) is 1. The standard InChI is InChI=1S/C13H24F3N/c1-12(2,3)10-5-7-11(8-6-10)17(4)9-13(14,15)16/h10-11H,5-9H2,1-4H3. The predicted molar refractivity (Wildman–Crippen MR) is 63.9 cm³/mol. The Kier molecular flexibility index (Phi) is 4.50. The zero-order valence-corrected chi connectivity index (χ0v) is 11.3. The fraction of sp³-hybridized carbons (Fsp3) is 1.00. The Morgan fingerprint density at radius 2 is 1.47 bits per heavy atom. The maximum absolute atomic E-state index is 12.3. The summed E-state index contributed by atoms with van der Waals surface area (Å²) in [4.78, 5) is 1.47. The molecule has 0 aromatic carbocycles. The molecule has 1 saturated carbocycles. The smallest absolute Gasteiger partial charge is 0.295 e. The molecule has 4 heteroatoms. The zero-order valence-electron chi connectivity index (χ0n) is 11.3. The molecule has 0 radical (unpaired) electrons. The Labute approximate surface area is 102 Å². The third-order valence-corrected chi connectivity index (χ3v) is 3.97. The van der Waals surface area contributed by atoms with Gasteiger partial charge in [0.05, 0.1) is 6.54 Å². The second kappa shape index (κ2) is 5.17. The van der Waals surface area contributed by atoms with Gasteiger partial charge in [0, 0.05) is 6.04 Å². The average Bonchev–Trinajstić information content (AvgIpc) is 2.14. The van der Waals surface area contributed by atoms with Crippen LogP contribution in [0.3, 0.4) is 0 Å². The van der Waals surface area contributed by atoms with Gasteiger partial charge < -0.3 is 0 Å². The molecule has 0 saturated heterocycles. The molecule has 0 aromatic rings. The topological polar surface area (TPSA) is 3.24 Å². The summed E-state index contributed by atoms with van der Waals surface area (Å²) in [6.45, 7) is 5.88. The van der Waals surface area contributed by atoms with Gasteiger partial charge >= 0.3 is 6.18 Å². The van der Waals surface area contributed by atoms with Crippen molar-refractivity contribution in [2.24, 2.45) is 11.3 Å². The summed E-state index contributed by atoms with van der Waals surface area (Å²) >= 11 is 0. The Morgan fingerprint density at radius 1 is 1.00 bits per heavy atom. The van der Waals surface area contributed by atoms with E-state index in [-0.39, 0.29) is 11.5 Å². The first-order valence-electron chi connectivity index (χ1n) is 6.36. The summed E-state index contributed by atoms with van der Waals surface area (Å²) in [7, 11) is 1.59. The minimum absolute atomic E-state index is 0.107. The quantitative estimate of drug-likeness (QED) is 0.714.